The second-order valence-electron chi connectivity index (χ2n) is 9.42. The first kappa shape index (κ1) is 27.3. The van der Waals surface area contributed by atoms with Crippen molar-refractivity contribution in [3.05, 3.63) is 124 Å². The van der Waals surface area contributed by atoms with Crippen LogP contribution in [0.1, 0.15) is 29.0 Å². The summed E-state index contributed by atoms with van der Waals surface area (Å²) in [5.74, 6) is -0.493. The number of nitrogens with zero attached hydrogens (tertiary/aromatic N) is 2. The molecule has 5 rings (SSSR count). The van der Waals surface area contributed by atoms with Crippen LogP contribution in [0.5, 0.6) is 0 Å². The maximum Gasteiger partial charge on any atom is 0.243 e. The van der Waals surface area contributed by atoms with Crippen LogP contribution >= 0.6 is 23.2 Å². The molecule has 200 valence electrons. The summed E-state index contributed by atoms with van der Waals surface area (Å²) in [6.07, 6.45) is 4.18. The highest BCUT2D eigenvalue weighted by Gasteiger charge is 2.43. The Morgan fingerprint density at radius 2 is 1.51 bits per heavy atom. The lowest BCUT2D eigenvalue weighted by Crippen LogP contribution is -2.30. The molecule has 6 nitrogen and oxygen atoms in total. The zero-order valence-corrected chi connectivity index (χ0v) is 22.9. The molecule has 1 aliphatic rings. The lowest BCUT2D eigenvalue weighted by molar-refractivity contribution is -0.117. The summed E-state index contributed by atoms with van der Waals surface area (Å²) >= 11 is 12.3. The van der Waals surface area contributed by atoms with Crippen LogP contribution in [-0.4, -0.2) is 23.6 Å². The summed E-state index contributed by atoms with van der Waals surface area (Å²) in [7, 11) is -3.99. The molecule has 2 unspecified atom stereocenters. The molecule has 39 heavy (non-hydrogen) atoms. The topological polar surface area (TPSA) is 79.4 Å². The molecular formula is C29H24Cl2FN3O3S. The van der Waals surface area contributed by atoms with E-state index in [4.69, 9.17) is 23.2 Å². The minimum atomic E-state index is -3.99. The molecule has 0 radical (unpaired) electrons. The molecule has 1 fully saturated rings. The van der Waals surface area contributed by atoms with Crippen LogP contribution in [0.3, 0.4) is 0 Å². The Hall–Kier alpha value is -3.30. The van der Waals surface area contributed by atoms with Crippen molar-refractivity contribution in [1.82, 2.24) is 9.29 Å². The summed E-state index contributed by atoms with van der Waals surface area (Å²) in [6, 6.07) is 20.4. The van der Waals surface area contributed by atoms with Gasteiger partial charge in [-0.15, -0.1) is 0 Å². The van der Waals surface area contributed by atoms with E-state index in [0.717, 1.165) is 12.0 Å². The van der Waals surface area contributed by atoms with Crippen molar-refractivity contribution in [2.75, 3.05) is 5.32 Å². The van der Waals surface area contributed by atoms with Gasteiger partial charge in [-0.25, -0.2) is 12.8 Å². The number of nitrogens with one attached hydrogen (secondary N) is 1. The summed E-state index contributed by atoms with van der Waals surface area (Å²) in [5, 5.41) is 3.66. The Morgan fingerprint density at radius 1 is 0.897 bits per heavy atom. The summed E-state index contributed by atoms with van der Waals surface area (Å²) < 4.78 is 42.2. The lowest BCUT2D eigenvalue weighted by atomic mass is 10.1. The van der Waals surface area contributed by atoms with Crippen molar-refractivity contribution < 1.29 is 17.6 Å². The van der Waals surface area contributed by atoms with Gasteiger partial charge >= 0.3 is 0 Å². The SMILES string of the molecule is O=C(Nc1ccc(S(=O)(=O)N(Cc2ccc(F)cc2)Cc2cc(Cl)cc(Cl)c2)cc1)C1CC1c1ccncc1. The Kier molecular flexibility index (Phi) is 8.00. The zero-order valence-electron chi connectivity index (χ0n) is 20.6. The van der Waals surface area contributed by atoms with Crippen molar-refractivity contribution in [3.63, 3.8) is 0 Å². The van der Waals surface area contributed by atoms with Crippen molar-refractivity contribution >= 4 is 44.8 Å². The Bertz CT molecular complexity index is 1560. The highest BCUT2D eigenvalue weighted by atomic mass is 35.5. The molecule has 3 aromatic carbocycles. The maximum absolute atomic E-state index is 13.7. The fourth-order valence-corrected chi connectivity index (χ4v) is 6.47. The molecule has 1 N–H and O–H groups in total. The van der Waals surface area contributed by atoms with Crippen LogP contribution in [0.4, 0.5) is 10.1 Å². The van der Waals surface area contributed by atoms with Gasteiger partial charge in [0, 0.05) is 47.1 Å². The lowest BCUT2D eigenvalue weighted by Gasteiger charge is -2.23. The van der Waals surface area contributed by atoms with Crippen molar-refractivity contribution in [3.8, 4) is 0 Å². The standard InChI is InChI=1S/C29H24Cl2FN3O3S/c30-22-13-20(14-23(31)15-22)18-35(17-19-1-3-24(32)4-2-19)39(37,38)26-7-5-25(6-8-26)34-29(36)28-16-27(28)21-9-11-33-12-10-21/h1-15,27-28H,16-18H2,(H,34,36). The Morgan fingerprint density at radius 3 is 2.15 bits per heavy atom. The van der Waals surface area contributed by atoms with E-state index in [9.17, 15) is 17.6 Å². The van der Waals surface area contributed by atoms with Gasteiger partial charge in [0.2, 0.25) is 15.9 Å². The monoisotopic (exact) mass is 583 g/mol. The average Bonchev–Trinajstić information content (AvgIpc) is 3.71. The normalized spacial score (nSPS) is 16.7. The first-order valence-corrected chi connectivity index (χ1v) is 14.4. The van der Waals surface area contributed by atoms with E-state index in [1.54, 1.807) is 54.9 Å². The smallest absolute Gasteiger partial charge is 0.243 e. The second kappa shape index (κ2) is 11.4. The van der Waals surface area contributed by atoms with Crippen LogP contribution < -0.4 is 5.32 Å². The number of carbonyl (C=O) groups is 1. The van der Waals surface area contributed by atoms with E-state index >= 15 is 0 Å². The Labute approximate surface area is 236 Å². The van der Waals surface area contributed by atoms with Gasteiger partial charge in [-0.1, -0.05) is 35.3 Å². The van der Waals surface area contributed by atoms with Crippen LogP contribution in [0, 0.1) is 11.7 Å². The van der Waals surface area contributed by atoms with E-state index in [1.807, 2.05) is 12.1 Å². The van der Waals surface area contributed by atoms with Gasteiger partial charge in [-0.05, 0) is 95.8 Å². The van der Waals surface area contributed by atoms with Crippen molar-refractivity contribution in [2.24, 2.45) is 5.92 Å². The summed E-state index contributed by atoms with van der Waals surface area (Å²) in [5.41, 5.74) is 2.81. The van der Waals surface area contributed by atoms with E-state index in [0.29, 0.717) is 26.9 Å². The molecule has 2 atom stereocenters. The first-order valence-electron chi connectivity index (χ1n) is 12.2. The molecule has 0 aliphatic heterocycles. The van der Waals surface area contributed by atoms with Crippen LogP contribution in [-0.2, 0) is 27.9 Å². The molecule has 0 saturated heterocycles. The molecule has 0 spiro atoms. The number of rotatable bonds is 9. The summed E-state index contributed by atoms with van der Waals surface area (Å²) in [6.45, 7) is -0.000140. The maximum atomic E-state index is 13.7. The number of halogens is 3. The predicted octanol–water partition coefficient (Wildman–Crippen LogP) is 6.66. The van der Waals surface area contributed by atoms with E-state index in [-0.39, 0.29) is 35.7 Å². The van der Waals surface area contributed by atoms with E-state index in [1.165, 1.54) is 28.6 Å². The molecular weight excluding hydrogens is 560 g/mol. The van der Waals surface area contributed by atoms with Gasteiger partial charge < -0.3 is 5.32 Å². The third-order valence-corrected chi connectivity index (χ3v) is 8.82. The number of hydrogen-bond donors (Lipinski definition) is 1. The average molecular weight is 585 g/mol. The number of carbonyl (C=O) groups excluding carboxylic acids is 1. The molecule has 1 saturated carbocycles. The second-order valence-corrected chi connectivity index (χ2v) is 12.2. The van der Waals surface area contributed by atoms with Crippen LogP contribution in [0.25, 0.3) is 0 Å². The quantitative estimate of drug-likeness (QED) is 0.239. The third-order valence-electron chi connectivity index (χ3n) is 6.57. The zero-order chi connectivity index (χ0) is 27.6. The number of aromatic nitrogens is 1. The third kappa shape index (κ3) is 6.65. The fourth-order valence-electron chi connectivity index (χ4n) is 4.48. The minimum Gasteiger partial charge on any atom is -0.326 e. The Balaban J connectivity index is 1.33. The highest BCUT2D eigenvalue weighted by molar-refractivity contribution is 7.89. The van der Waals surface area contributed by atoms with Gasteiger partial charge in [0.25, 0.3) is 0 Å². The number of hydrogen-bond acceptors (Lipinski definition) is 4. The first-order chi connectivity index (χ1) is 18.7. The summed E-state index contributed by atoms with van der Waals surface area (Å²) in [4.78, 5) is 16.8. The van der Waals surface area contributed by atoms with Gasteiger partial charge in [-0.3, -0.25) is 9.78 Å². The van der Waals surface area contributed by atoms with Gasteiger partial charge in [0.15, 0.2) is 0 Å². The van der Waals surface area contributed by atoms with E-state index in [2.05, 4.69) is 10.3 Å². The highest BCUT2D eigenvalue weighted by Crippen LogP contribution is 2.47. The van der Waals surface area contributed by atoms with Crippen molar-refractivity contribution in [1.29, 1.82) is 0 Å². The number of sulfonamides is 1. The largest absolute Gasteiger partial charge is 0.326 e. The van der Waals surface area contributed by atoms with Gasteiger partial charge in [0.05, 0.1) is 4.90 Å². The molecule has 1 aromatic heterocycles. The predicted molar refractivity (Wildman–Crippen MR) is 149 cm³/mol. The number of pyridine rings is 1. The van der Waals surface area contributed by atoms with Crippen molar-refractivity contribution in [2.45, 2.75) is 30.3 Å². The molecule has 1 amide bonds. The molecule has 1 heterocycles. The number of benzene rings is 3. The fraction of sp³-hybridized carbons (Fsp3) is 0.172. The number of anilines is 1. The molecule has 10 heteroatoms. The van der Waals surface area contributed by atoms with Crippen LogP contribution in [0.2, 0.25) is 10.0 Å². The van der Waals surface area contributed by atoms with Gasteiger partial charge in [0.1, 0.15) is 5.82 Å². The van der Waals surface area contributed by atoms with Gasteiger partial charge in [-0.2, -0.15) is 4.31 Å². The molecule has 4 aromatic rings. The minimum absolute atomic E-state index is 0.00328. The van der Waals surface area contributed by atoms with Crippen LogP contribution in [0.15, 0.2) is 96.2 Å². The molecule has 1 aliphatic carbocycles. The van der Waals surface area contributed by atoms with E-state index < -0.39 is 15.8 Å². The number of amides is 1. The molecule has 0 bridgehead atoms.